The van der Waals surface area contributed by atoms with Crippen LogP contribution in [0.5, 0.6) is 0 Å². The Balaban J connectivity index is 2.73. The van der Waals surface area contributed by atoms with Crippen molar-refractivity contribution in [1.82, 2.24) is 5.32 Å². The fourth-order valence-corrected chi connectivity index (χ4v) is 1.65. The number of nitrogens with one attached hydrogen (secondary N) is 1. The summed E-state index contributed by atoms with van der Waals surface area (Å²) in [6.45, 7) is 2.43. The number of halogens is 4. The third kappa shape index (κ3) is 5.16. The summed E-state index contributed by atoms with van der Waals surface area (Å²) in [7, 11) is 1.56. The van der Waals surface area contributed by atoms with Gasteiger partial charge in [0.15, 0.2) is 0 Å². The van der Waals surface area contributed by atoms with Crippen LogP contribution < -0.4 is 5.32 Å². The van der Waals surface area contributed by atoms with E-state index >= 15 is 0 Å². The molecule has 0 spiro atoms. The second-order valence-electron chi connectivity index (χ2n) is 4.36. The lowest BCUT2D eigenvalue weighted by Gasteiger charge is -2.17. The zero-order chi connectivity index (χ0) is 14.5. The highest BCUT2D eigenvalue weighted by Crippen LogP contribution is 2.32. The number of benzene rings is 1. The van der Waals surface area contributed by atoms with Crippen molar-refractivity contribution in [3.8, 4) is 0 Å². The van der Waals surface area contributed by atoms with E-state index in [1.807, 2.05) is 6.92 Å². The van der Waals surface area contributed by atoms with Gasteiger partial charge in [-0.25, -0.2) is 4.39 Å². The molecule has 0 aromatic heterocycles. The molecule has 1 rings (SSSR count). The minimum Gasteiger partial charge on any atom is -0.385 e. The van der Waals surface area contributed by atoms with Crippen LogP contribution >= 0.6 is 0 Å². The Morgan fingerprint density at radius 3 is 2.58 bits per heavy atom. The predicted octanol–water partition coefficient (Wildman–Crippen LogP) is 3.36. The van der Waals surface area contributed by atoms with Crippen LogP contribution in [0.1, 0.15) is 24.5 Å². The molecule has 2 nitrogen and oxygen atoms in total. The van der Waals surface area contributed by atoms with Crippen LogP contribution in [-0.2, 0) is 17.5 Å². The number of ether oxygens (including phenoxy) is 1. The van der Waals surface area contributed by atoms with Crippen molar-refractivity contribution in [2.45, 2.75) is 32.1 Å². The second-order valence-corrected chi connectivity index (χ2v) is 4.36. The minimum absolute atomic E-state index is 0.0195. The van der Waals surface area contributed by atoms with Gasteiger partial charge in [-0.2, -0.15) is 13.2 Å². The highest BCUT2D eigenvalue weighted by molar-refractivity contribution is 5.30. The standard InChI is InChI=1S/C13H17F4NO/c1-9(5-6-19-2)18-8-10-3-4-11(14)7-12(10)13(15,16)17/h3-4,7,9,18H,5-6,8H2,1-2H3. The normalized spacial score (nSPS) is 13.6. The largest absolute Gasteiger partial charge is 0.416 e. The zero-order valence-electron chi connectivity index (χ0n) is 10.9. The number of alkyl halides is 3. The smallest absolute Gasteiger partial charge is 0.385 e. The van der Waals surface area contributed by atoms with Gasteiger partial charge in [0.1, 0.15) is 5.82 Å². The van der Waals surface area contributed by atoms with Crippen molar-refractivity contribution in [3.05, 3.63) is 35.1 Å². The maximum Gasteiger partial charge on any atom is 0.416 e. The van der Waals surface area contributed by atoms with E-state index in [2.05, 4.69) is 5.32 Å². The molecule has 0 bridgehead atoms. The Morgan fingerprint density at radius 1 is 1.32 bits per heavy atom. The van der Waals surface area contributed by atoms with Gasteiger partial charge in [-0.05, 0) is 31.0 Å². The van der Waals surface area contributed by atoms with Crippen LogP contribution in [0, 0.1) is 5.82 Å². The Hall–Kier alpha value is -1.14. The van der Waals surface area contributed by atoms with Crippen molar-refractivity contribution in [2.24, 2.45) is 0 Å². The average molecular weight is 279 g/mol. The van der Waals surface area contributed by atoms with Gasteiger partial charge in [0.25, 0.3) is 0 Å². The molecule has 0 aliphatic heterocycles. The van der Waals surface area contributed by atoms with Crippen molar-refractivity contribution in [1.29, 1.82) is 0 Å². The summed E-state index contributed by atoms with van der Waals surface area (Å²) < 4.78 is 56.0. The molecule has 0 amide bonds. The number of rotatable bonds is 6. The molecule has 0 saturated carbocycles. The molecule has 0 aliphatic carbocycles. The maximum absolute atomic E-state index is 12.9. The first-order chi connectivity index (χ1) is 8.84. The Kier molecular flexibility index (Phi) is 5.75. The fraction of sp³-hybridized carbons (Fsp3) is 0.538. The predicted molar refractivity (Wildman–Crippen MR) is 64.2 cm³/mol. The summed E-state index contributed by atoms with van der Waals surface area (Å²) >= 11 is 0. The molecular weight excluding hydrogens is 262 g/mol. The van der Waals surface area contributed by atoms with Gasteiger partial charge >= 0.3 is 6.18 Å². The molecule has 6 heteroatoms. The van der Waals surface area contributed by atoms with E-state index in [1.165, 1.54) is 0 Å². The van der Waals surface area contributed by atoms with Gasteiger partial charge in [-0.15, -0.1) is 0 Å². The topological polar surface area (TPSA) is 21.3 Å². The van der Waals surface area contributed by atoms with Crippen molar-refractivity contribution in [3.63, 3.8) is 0 Å². The fourth-order valence-electron chi connectivity index (χ4n) is 1.65. The molecule has 0 heterocycles. The van der Waals surface area contributed by atoms with Gasteiger partial charge in [-0.3, -0.25) is 0 Å². The van der Waals surface area contributed by atoms with Crippen LogP contribution in [0.15, 0.2) is 18.2 Å². The van der Waals surface area contributed by atoms with Gasteiger partial charge in [0.2, 0.25) is 0 Å². The molecule has 0 saturated heterocycles. The Morgan fingerprint density at radius 2 is 2.00 bits per heavy atom. The van der Waals surface area contributed by atoms with E-state index < -0.39 is 17.6 Å². The summed E-state index contributed by atoms with van der Waals surface area (Å²) in [6.07, 6.45) is -3.85. The maximum atomic E-state index is 12.9. The highest BCUT2D eigenvalue weighted by atomic mass is 19.4. The summed E-state index contributed by atoms with van der Waals surface area (Å²) in [5.41, 5.74) is -0.892. The Labute approximate surface area is 109 Å². The molecule has 0 aliphatic rings. The molecule has 19 heavy (non-hydrogen) atoms. The summed E-state index contributed by atoms with van der Waals surface area (Å²) in [5, 5.41) is 2.96. The molecule has 1 aromatic rings. The molecule has 108 valence electrons. The molecular formula is C13H17F4NO. The highest BCUT2D eigenvalue weighted by Gasteiger charge is 2.33. The quantitative estimate of drug-likeness (QED) is 0.806. The molecule has 1 aromatic carbocycles. The third-order valence-electron chi connectivity index (χ3n) is 2.77. The van der Waals surface area contributed by atoms with Crippen molar-refractivity contribution >= 4 is 0 Å². The van der Waals surface area contributed by atoms with Gasteiger partial charge in [-0.1, -0.05) is 6.07 Å². The first kappa shape index (κ1) is 15.9. The first-order valence-corrected chi connectivity index (χ1v) is 5.92. The lowest BCUT2D eigenvalue weighted by Crippen LogP contribution is -2.27. The lowest BCUT2D eigenvalue weighted by molar-refractivity contribution is -0.138. The molecule has 0 radical (unpaired) electrons. The second kappa shape index (κ2) is 6.86. The van der Waals surface area contributed by atoms with E-state index in [0.29, 0.717) is 19.1 Å². The van der Waals surface area contributed by atoms with Crippen LogP contribution in [0.4, 0.5) is 17.6 Å². The summed E-state index contributed by atoms with van der Waals surface area (Å²) in [6, 6.07) is 2.74. The van der Waals surface area contributed by atoms with E-state index in [4.69, 9.17) is 4.74 Å². The van der Waals surface area contributed by atoms with Crippen LogP contribution in [0.3, 0.4) is 0 Å². The van der Waals surface area contributed by atoms with E-state index in [0.717, 1.165) is 12.1 Å². The number of methoxy groups -OCH3 is 1. The van der Waals surface area contributed by atoms with Gasteiger partial charge < -0.3 is 10.1 Å². The number of hydrogen-bond acceptors (Lipinski definition) is 2. The third-order valence-corrected chi connectivity index (χ3v) is 2.77. The monoisotopic (exact) mass is 279 g/mol. The van der Waals surface area contributed by atoms with Gasteiger partial charge in [0.05, 0.1) is 5.56 Å². The Bertz CT molecular complexity index is 406. The van der Waals surface area contributed by atoms with E-state index in [-0.39, 0.29) is 18.2 Å². The molecule has 1 atom stereocenters. The summed E-state index contributed by atoms with van der Waals surface area (Å²) in [5.74, 6) is -0.886. The molecule has 0 fully saturated rings. The van der Waals surface area contributed by atoms with Crippen molar-refractivity contribution in [2.75, 3.05) is 13.7 Å². The average Bonchev–Trinajstić information content (AvgIpc) is 2.33. The van der Waals surface area contributed by atoms with E-state index in [1.54, 1.807) is 7.11 Å². The van der Waals surface area contributed by atoms with Crippen molar-refractivity contribution < 1.29 is 22.3 Å². The minimum atomic E-state index is -4.55. The van der Waals surface area contributed by atoms with Gasteiger partial charge in [0, 0.05) is 26.3 Å². The lowest BCUT2D eigenvalue weighted by atomic mass is 10.1. The molecule has 1 unspecified atom stereocenters. The number of hydrogen-bond donors (Lipinski definition) is 1. The SMILES string of the molecule is COCCC(C)NCc1ccc(F)cc1C(F)(F)F. The van der Waals surface area contributed by atoms with Crippen LogP contribution in [0.2, 0.25) is 0 Å². The first-order valence-electron chi connectivity index (χ1n) is 5.92. The van der Waals surface area contributed by atoms with Crippen LogP contribution in [0.25, 0.3) is 0 Å². The summed E-state index contributed by atoms with van der Waals surface area (Å²) in [4.78, 5) is 0. The van der Waals surface area contributed by atoms with Crippen LogP contribution in [-0.4, -0.2) is 19.8 Å². The zero-order valence-corrected chi connectivity index (χ0v) is 10.9. The molecule has 1 N–H and O–H groups in total. The van der Waals surface area contributed by atoms with E-state index in [9.17, 15) is 17.6 Å².